The van der Waals surface area contributed by atoms with Crippen LogP contribution in [-0.2, 0) is 24.2 Å². The number of amides is 3. The molecule has 2 aromatic rings. The maximum absolute atomic E-state index is 12.4. The highest BCUT2D eigenvalue weighted by molar-refractivity contribution is 5.75. The zero-order chi connectivity index (χ0) is 20.5. The van der Waals surface area contributed by atoms with Crippen LogP contribution in [0.5, 0.6) is 0 Å². The number of rotatable bonds is 7. The molecule has 2 N–H and O–H groups in total. The molecule has 5 nitrogen and oxygen atoms in total. The molecule has 1 aliphatic heterocycles. The third kappa shape index (κ3) is 6.63. The molecule has 3 rings (SSSR count). The number of benzene rings is 2. The van der Waals surface area contributed by atoms with E-state index >= 15 is 0 Å². The van der Waals surface area contributed by atoms with Gasteiger partial charge in [0.05, 0.1) is 0 Å². The van der Waals surface area contributed by atoms with Crippen molar-refractivity contribution in [3.8, 4) is 0 Å². The Labute approximate surface area is 173 Å². The van der Waals surface area contributed by atoms with Crippen LogP contribution >= 0.6 is 0 Å². The molecule has 1 heterocycles. The van der Waals surface area contributed by atoms with E-state index in [1.807, 2.05) is 35.2 Å². The summed E-state index contributed by atoms with van der Waals surface area (Å²) in [7, 11) is 1.67. The lowest BCUT2D eigenvalue weighted by molar-refractivity contribution is -0.120. The number of hydrogen-bond acceptors (Lipinski definition) is 2. The van der Waals surface area contributed by atoms with E-state index in [0.29, 0.717) is 18.9 Å². The Balaban J connectivity index is 1.39. The summed E-state index contributed by atoms with van der Waals surface area (Å²) in [5, 5.41) is 5.68. The molecule has 1 saturated heterocycles. The molecule has 5 heteroatoms. The number of piperidine rings is 1. The van der Waals surface area contributed by atoms with Crippen LogP contribution in [0.25, 0.3) is 0 Å². The molecule has 0 aromatic heterocycles. The molecule has 0 saturated carbocycles. The fourth-order valence-electron chi connectivity index (χ4n) is 3.78. The van der Waals surface area contributed by atoms with Crippen molar-refractivity contribution in [1.82, 2.24) is 15.5 Å². The quantitative estimate of drug-likeness (QED) is 0.756. The number of nitrogens with one attached hydrogen (secondary N) is 2. The first-order valence-electron chi connectivity index (χ1n) is 10.5. The molecule has 0 radical (unpaired) electrons. The van der Waals surface area contributed by atoms with Gasteiger partial charge in [-0.1, -0.05) is 54.6 Å². The van der Waals surface area contributed by atoms with E-state index in [1.54, 1.807) is 7.05 Å². The summed E-state index contributed by atoms with van der Waals surface area (Å²) >= 11 is 0. The van der Waals surface area contributed by atoms with Crippen LogP contribution in [0.15, 0.2) is 54.6 Å². The third-order valence-electron chi connectivity index (χ3n) is 5.66. The monoisotopic (exact) mass is 393 g/mol. The summed E-state index contributed by atoms with van der Waals surface area (Å²) in [4.78, 5) is 25.7. The SMILES string of the molecule is CNC(=O)CCc1ccc(CC2CCN(C(=O)NCc3ccccc3)CC2)cc1. The Kier molecular flexibility index (Phi) is 7.68. The first kappa shape index (κ1) is 20.9. The number of urea groups is 1. The molecule has 1 fully saturated rings. The second-order valence-electron chi connectivity index (χ2n) is 7.77. The smallest absolute Gasteiger partial charge is 0.317 e. The van der Waals surface area contributed by atoms with Gasteiger partial charge < -0.3 is 15.5 Å². The number of nitrogens with zero attached hydrogens (tertiary/aromatic N) is 1. The highest BCUT2D eigenvalue weighted by atomic mass is 16.2. The molecular weight excluding hydrogens is 362 g/mol. The van der Waals surface area contributed by atoms with Crippen molar-refractivity contribution in [3.63, 3.8) is 0 Å². The van der Waals surface area contributed by atoms with E-state index in [4.69, 9.17) is 0 Å². The number of carbonyl (C=O) groups is 2. The van der Waals surface area contributed by atoms with Gasteiger partial charge in [0.2, 0.25) is 5.91 Å². The molecular formula is C24H31N3O2. The molecule has 0 atom stereocenters. The van der Waals surface area contributed by atoms with Gasteiger partial charge in [-0.2, -0.15) is 0 Å². The minimum atomic E-state index is 0.0350. The van der Waals surface area contributed by atoms with Gasteiger partial charge in [-0.25, -0.2) is 4.79 Å². The van der Waals surface area contributed by atoms with Crippen molar-refractivity contribution in [2.45, 2.75) is 38.6 Å². The van der Waals surface area contributed by atoms with Crippen LogP contribution in [-0.4, -0.2) is 37.0 Å². The van der Waals surface area contributed by atoms with Gasteiger partial charge in [-0.3, -0.25) is 4.79 Å². The Morgan fingerprint density at radius 3 is 2.24 bits per heavy atom. The van der Waals surface area contributed by atoms with Crippen LogP contribution in [0.4, 0.5) is 4.79 Å². The first-order valence-corrected chi connectivity index (χ1v) is 10.5. The Hall–Kier alpha value is -2.82. The predicted octanol–water partition coefficient (Wildman–Crippen LogP) is 3.53. The number of carbonyl (C=O) groups excluding carboxylic acids is 2. The molecule has 2 aromatic carbocycles. The number of likely N-dealkylation sites (tertiary alicyclic amines) is 1. The van der Waals surface area contributed by atoms with Crippen molar-refractivity contribution in [2.24, 2.45) is 5.92 Å². The van der Waals surface area contributed by atoms with E-state index in [2.05, 4.69) is 34.9 Å². The van der Waals surface area contributed by atoms with Crippen LogP contribution in [0.3, 0.4) is 0 Å². The van der Waals surface area contributed by atoms with Gasteiger partial charge in [-0.15, -0.1) is 0 Å². The van der Waals surface area contributed by atoms with Crippen LogP contribution in [0.2, 0.25) is 0 Å². The van der Waals surface area contributed by atoms with Gasteiger partial charge in [0.25, 0.3) is 0 Å². The van der Waals surface area contributed by atoms with Gasteiger partial charge in [0.15, 0.2) is 0 Å². The minimum Gasteiger partial charge on any atom is -0.359 e. The number of aryl methyl sites for hydroxylation is 1. The fourth-order valence-corrected chi connectivity index (χ4v) is 3.78. The maximum atomic E-state index is 12.4. The van der Waals surface area contributed by atoms with Gasteiger partial charge in [0, 0.05) is 33.1 Å². The minimum absolute atomic E-state index is 0.0350. The fraction of sp³-hybridized carbons (Fsp3) is 0.417. The van der Waals surface area contributed by atoms with E-state index in [9.17, 15) is 9.59 Å². The molecule has 0 aliphatic carbocycles. The molecule has 0 bridgehead atoms. The lowest BCUT2D eigenvalue weighted by atomic mass is 9.90. The van der Waals surface area contributed by atoms with Crippen LogP contribution in [0, 0.1) is 5.92 Å². The lowest BCUT2D eigenvalue weighted by Gasteiger charge is -2.32. The average Bonchev–Trinajstić information content (AvgIpc) is 2.78. The van der Waals surface area contributed by atoms with Gasteiger partial charge in [-0.05, 0) is 48.3 Å². The normalized spacial score (nSPS) is 14.4. The third-order valence-corrected chi connectivity index (χ3v) is 5.66. The summed E-state index contributed by atoms with van der Waals surface area (Å²) in [5.74, 6) is 0.693. The van der Waals surface area contributed by atoms with Crippen molar-refractivity contribution < 1.29 is 9.59 Å². The molecule has 0 unspecified atom stereocenters. The molecule has 29 heavy (non-hydrogen) atoms. The first-order chi connectivity index (χ1) is 14.1. The van der Waals surface area contributed by atoms with E-state index in [-0.39, 0.29) is 11.9 Å². The van der Waals surface area contributed by atoms with E-state index in [1.165, 1.54) is 11.1 Å². The topological polar surface area (TPSA) is 61.4 Å². The summed E-state index contributed by atoms with van der Waals surface area (Å²) in [6.45, 7) is 2.21. The van der Waals surface area contributed by atoms with E-state index < -0.39 is 0 Å². The summed E-state index contributed by atoms with van der Waals surface area (Å²) < 4.78 is 0. The highest BCUT2D eigenvalue weighted by Gasteiger charge is 2.22. The summed E-state index contributed by atoms with van der Waals surface area (Å²) in [6.07, 6.45) is 4.43. The van der Waals surface area contributed by atoms with Crippen molar-refractivity contribution in [1.29, 1.82) is 0 Å². The predicted molar refractivity (Wildman–Crippen MR) is 116 cm³/mol. The van der Waals surface area contributed by atoms with Crippen molar-refractivity contribution in [2.75, 3.05) is 20.1 Å². The Morgan fingerprint density at radius 1 is 0.931 bits per heavy atom. The zero-order valence-electron chi connectivity index (χ0n) is 17.2. The highest BCUT2D eigenvalue weighted by Crippen LogP contribution is 2.22. The average molecular weight is 394 g/mol. The summed E-state index contributed by atoms with van der Waals surface area (Å²) in [6, 6.07) is 18.7. The second kappa shape index (κ2) is 10.6. The standard InChI is InChI=1S/C24H31N3O2/c1-25-23(28)12-11-19-7-9-20(10-8-19)17-21-13-15-27(16-14-21)24(29)26-18-22-5-3-2-4-6-22/h2-10,21H,11-18H2,1H3,(H,25,28)(H,26,29). The summed E-state index contributed by atoms with van der Waals surface area (Å²) in [5.41, 5.74) is 3.65. The lowest BCUT2D eigenvalue weighted by Crippen LogP contribution is -2.44. The van der Waals surface area contributed by atoms with Crippen LogP contribution in [0.1, 0.15) is 36.0 Å². The number of hydrogen-bond donors (Lipinski definition) is 2. The Bertz CT molecular complexity index is 782. The van der Waals surface area contributed by atoms with Gasteiger partial charge in [0.1, 0.15) is 0 Å². The molecule has 0 spiro atoms. The second-order valence-corrected chi connectivity index (χ2v) is 7.77. The van der Waals surface area contributed by atoms with Crippen molar-refractivity contribution >= 4 is 11.9 Å². The maximum Gasteiger partial charge on any atom is 0.317 e. The van der Waals surface area contributed by atoms with Crippen molar-refractivity contribution in [3.05, 3.63) is 71.3 Å². The molecule has 154 valence electrons. The van der Waals surface area contributed by atoms with Gasteiger partial charge >= 0.3 is 6.03 Å². The largest absolute Gasteiger partial charge is 0.359 e. The van der Waals surface area contributed by atoms with Crippen LogP contribution < -0.4 is 10.6 Å². The molecule has 1 aliphatic rings. The Morgan fingerprint density at radius 2 is 1.59 bits per heavy atom. The zero-order valence-corrected chi connectivity index (χ0v) is 17.2. The molecule has 3 amide bonds. The van der Waals surface area contributed by atoms with E-state index in [0.717, 1.165) is 44.3 Å².